The van der Waals surface area contributed by atoms with Crippen molar-refractivity contribution in [1.82, 2.24) is 0 Å². The van der Waals surface area contributed by atoms with Gasteiger partial charge in [-0.3, -0.25) is 0 Å². The summed E-state index contributed by atoms with van der Waals surface area (Å²) >= 11 is 0. The molecule has 2 fully saturated rings. The fraction of sp³-hybridized carbons (Fsp3) is 0.480. The zero-order valence-corrected chi connectivity index (χ0v) is 19.7. The Kier molecular flexibility index (Phi) is 5.33. The van der Waals surface area contributed by atoms with Gasteiger partial charge in [0.15, 0.2) is 11.5 Å². The third kappa shape index (κ3) is 3.71. The molecule has 0 amide bonds. The average molecular weight is 488 g/mol. The normalized spacial score (nSPS) is 30.2. The summed E-state index contributed by atoms with van der Waals surface area (Å²) in [6.07, 6.45) is 4.62. The molecule has 3 aliphatic rings. The number of aryl methyl sites for hydroxylation is 1. The van der Waals surface area contributed by atoms with Crippen LogP contribution in [0.3, 0.4) is 0 Å². The highest BCUT2D eigenvalue weighted by Crippen LogP contribution is 2.63. The Morgan fingerprint density at radius 1 is 1.12 bits per heavy atom. The summed E-state index contributed by atoms with van der Waals surface area (Å²) in [6.45, 7) is 2.24. The second-order valence-corrected chi connectivity index (χ2v) is 11.9. The van der Waals surface area contributed by atoms with E-state index in [9.17, 15) is 28.5 Å². The van der Waals surface area contributed by atoms with Crippen molar-refractivity contribution in [2.75, 3.05) is 0 Å². The Balaban J connectivity index is 1.34. The predicted molar refractivity (Wildman–Crippen MR) is 123 cm³/mol. The molecule has 2 saturated carbocycles. The van der Waals surface area contributed by atoms with Gasteiger partial charge in [-0.15, -0.1) is 0 Å². The zero-order valence-electron chi connectivity index (χ0n) is 18.9. The molecule has 5 N–H and O–H groups in total. The van der Waals surface area contributed by atoms with E-state index in [1.807, 2.05) is 0 Å². The molecule has 0 radical (unpaired) electrons. The standard InChI is InChI=1S/C25H29NO7S/c1-25-9-8-18-17(7-4-14-10-20(27)22(28)23(29)21(14)18)19(25)11-15(12-25)33-24(30)13-2-5-16(6-3-13)34(26,31)32/h2-3,5-6,10,15,17-19,27-29H,4,7-9,11-12H2,1H3,(H2,26,31,32)/t15-,17?,18?,19?,25-/m1/s1. The summed E-state index contributed by atoms with van der Waals surface area (Å²) in [7, 11) is -3.83. The van der Waals surface area contributed by atoms with Crippen LogP contribution in [0.15, 0.2) is 35.2 Å². The molecule has 0 bridgehead atoms. The molecule has 8 nitrogen and oxygen atoms in total. The molecule has 34 heavy (non-hydrogen) atoms. The van der Waals surface area contributed by atoms with Crippen molar-refractivity contribution in [3.05, 3.63) is 47.0 Å². The number of ether oxygens (including phenoxy) is 1. The van der Waals surface area contributed by atoms with E-state index >= 15 is 0 Å². The Hall–Kier alpha value is -2.78. The number of esters is 1. The number of rotatable bonds is 3. The maximum atomic E-state index is 12.7. The molecule has 9 heteroatoms. The first-order valence-corrected chi connectivity index (χ1v) is 13.1. The number of sulfonamides is 1. The number of primary sulfonamides is 1. The van der Waals surface area contributed by atoms with E-state index in [1.165, 1.54) is 24.3 Å². The number of hydrogen-bond acceptors (Lipinski definition) is 7. The van der Waals surface area contributed by atoms with Crippen LogP contribution in [0.2, 0.25) is 0 Å². The number of aromatic hydroxyl groups is 3. The topological polar surface area (TPSA) is 147 Å². The molecule has 0 aliphatic heterocycles. The minimum atomic E-state index is -3.83. The number of nitrogens with two attached hydrogens (primary N) is 1. The first kappa shape index (κ1) is 23.0. The Morgan fingerprint density at radius 2 is 1.82 bits per heavy atom. The van der Waals surface area contributed by atoms with Gasteiger partial charge in [0, 0.05) is 5.56 Å². The third-order valence-corrected chi connectivity index (χ3v) is 9.28. The SMILES string of the molecule is C[C@]12CCC3c4c(cc(O)c(O)c4O)CCC3C1C[C@@H](OC(=O)c1ccc(S(N)(=O)=O)cc1)C2. The van der Waals surface area contributed by atoms with Gasteiger partial charge in [-0.1, -0.05) is 6.92 Å². The molecule has 0 heterocycles. The Bertz CT molecular complexity index is 1260. The summed E-state index contributed by atoms with van der Waals surface area (Å²) in [6, 6.07) is 6.97. The monoisotopic (exact) mass is 487 g/mol. The van der Waals surface area contributed by atoms with E-state index in [2.05, 4.69) is 6.92 Å². The van der Waals surface area contributed by atoms with Crippen LogP contribution in [-0.2, 0) is 21.2 Å². The van der Waals surface area contributed by atoms with E-state index in [1.54, 1.807) is 6.07 Å². The molecule has 0 saturated heterocycles. The van der Waals surface area contributed by atoms with Crippen LogP contribution in [-0.4, -0.2) is 35.8 Å². The number of carbonyl (C=O) groups is 1. The van der Waals surface area contributed by atoms with Crippen LogP contribution < -0.4 is 5.14 Å². The smallest absolute Gasteiger partial charge is 0.338 e. The number of phenolic OH excluding ortho intramolecular Hbond substituents is 3. The van der Waals surface area contributed by atoms with Gasteiger partial charge in [0.25, 0.3) is 0 Å². The van der Waals surface area contributed by atoms with Crippen LogP contribution in [0, 0.1) is 17.3 Å². The molecular formula is C25H29NO7S. The van der Waals surface area contributed by atoms with Gasteiger partial charge in [-0.2, -0.15) is 0 Å². The fourth-order valence-corrected chi connectivity index (χ4v) is 7.30. The first-order valence-electron chi connectivity index (χ1n) is 11.6. The lowest BCUT2D eigenvalue weighted by atomic mass is 9.56. The number of carbonyl (C=O) groups excluding carboxylic acids is 1. The van der Waals surface area contributed by atoms with Gasteiger partial charge in [-0.05, 0) is 97.6 Å². The highest BCUT2D eigenvalue weighted by molar-refractivity contribution is 7.89. The number of fused-ring (bicyclic) bond motifs is 5. The van der Waals surface area contributed by atoms with Crippen molar-refractivity contribution in [2.24, 2.45) is 22.4 Å². The highest BCUT2D eigenvalue weighted by atomic mass is 32.2. The van der Waals surface area contributed by atoms with Crippen molar-refractivity contribution >= 4 is 16.0 Å². The molecule has 2 aromatic carbocycles. The molecule has 3 aliphatic carbocycles. The van der Waals surface area contributed by atoms with E-state index in [4.69, 9.17) is 9.88 Å². The van der Waals surface area contributed by atoms with E-state index < -0.39 is 21.7 Å². The molecule has 2 aromatic rings. The maximum Gasteiger partial charge on any atom is 0.338 e. The Labute approximate surface area is 198 Å². The quantitative estimate of drug-likeness (QED) is 0.382. The number of phenols is 3. The van der Waals surface area contributed by atoms with Gasteiger partial charge >= 0.3 is 5.97 Å². The molecule has 0 spiro atoms. The van der Waals surface area contributed by atoms with Gasteiger partial charge in [-0.25, -0.2) is 18.4 Å². The van der Waals surface area contributed by atoms with Crippen molar-refractivity contribution in [2.45, 2.75) is 62.4 Å². The van der Waals surface area contributed by atoms with Crippen molar-refractivity contribution < 1.29 is 33.3 Å². The van der Waals surface area contributed by atoms with Crippen molar-refractivity contribution in [1.29, 1.82) is 0 Å². The van der Waals surface area contributed by atoms with Gasteiger partial charge in [0.2, 0.25) is 15.8 Å². The summed E-state index contributed by atoms with van der Waals surface area (Å²) in [5.41, 5.74) is 1.93. The fourth-order valence-electron chi connectivity index (χ4n) is 6.79. The second-order valence-electron chi connectivity index (χ2n) is 10.3. The van der Waals surface area contributed by atoms with Crippen molar-refractivity contribution in [3.63, 3.8) is 0 Å². The maximum absolute atomic E-state index is 12.7. The van der Waals surface area contributed by atoms with Gasteiger partial charge < -0.3 is 20.1 Å². The van der Waals surface area contributed by atoms with Crippen LogP contribution in [0.1, 0.15) is 66.4 Å². The average Bonchev–Trinajstić information content (AvgIpc) is 3.12. The highest BCUT2D eigenvalue weighted by Gasteiger charge is 2.54. The van der Waals surface area contributed by atoms with Crippen LogP contribution in [0.4, 0.5) is 0 Å². The summed E-state index contributed by atoms with van der Waals surface area (Å²) in [5, 5.41) is 35.7. The van der Waals surface area contributed by atoms with Crippen LogP contribution in [0.5, 0.6) is 17.2 Å². The Morgan fingerprint density at radius 3 is 2.50 bits per heavy atom. The summed E-state index contributed by atoms with van der Waals surface area (Å²) in [4.78, 5) is 12.7. The molecule has 182 valence electrons. The lowest BCUT2D eigenvalue weighted by Gasteiger charge is -2.49. The molecular weight excluding hydrogens is 458 g/mol. The lowest BCUT2D eigenvalue weighted by Crippen LogP contribution is -2.39. The minimum Gasteiger partial charge on any atom is -0.504 e. The van der Waals surface area contributed by atoms with Gasteiger partial charge in [0.05, 0.1) is 10.5 Å². The number of benzene rings is 2. The molecule has 5 atom stereocenters. The lowest BCUT2D eigenvalue weighted by molar-refractivity contribution is 0.0290. The van der Waals surface area contributed by atoms with Crippen LogP contribution in [0.25, 0.3) is 0 Å². The van der Waals surface area contributed by atoms with Crippen LogP contribution >= 0.6 is 0 Å². The van der Waals surface area contributed by atoms with Crippen molar-refractivity contribution in [3.8, 4) is 17.2 Å². The summed E-state index contributed by atoms with van der Waals surface area (Å²) < 4.78 is 28.7. The van der Waals surface area contributed by atoms with E-state index in [0.29, 0.717) is 18.3 Å². The van der Waals surface area contributed by atoms with E-state index in [-0.39, 0.29) is 39.4 Å². The molecule has 3 unspecified atom stereocenters. The largest absolute Gasteiger partial charge is 0.504 e. The predicted octanol–water partition coefficient (Wildman–Crippen LogP) is 3.53. The zero-order chi connectivity index (χ0) is 24.4. The minimum absolute atomic E-state index is 0.00961. The number of hydrogen-bond donors (Lipinski definition) is 4. The molecule has 0 aromatic heterocycles. The second kappa shape index (κ2) is 7.88. The molecule has 5 rings (SSSR count). The van der Waals surface area contributed by atoms with E-state index in [0.717, 1.165) is 43.2 Å². The summed E-state index contributed by atoms with van der Waals surface area (Å²) in [5.74, 6) is -0.765. The van der Waals surface area contributed by atoms with Gasteiger partial charge in [0.1, 0.15) is 6.10 Å². The third-order valence-electron chi connectivity index (χ3n) is 8.36. The first-order chi connectivity index (χ1) is 16.0.